The Balaban J connectivity index is 1.28. The first kappa shape index (κ1) is 21.9. The predicted octanol–water partition coefficient (Wildman–Crippen LogP) is 4.19. The summed E-state index contributed by atoms with van der Waals surface area (Å²) in [4.78, 5) is 29.2. The van der Waals surface area contributed by atoms with Crippen molar-refractivity contribution in [2.75, 3.05) is 0 Å². The van der Waals surface area contributed by atoms with Crippen molar-refractivity contribution in [3.05, 3.63) is 111 Å². The van der Waals surface area contributed by atoms with E-state index in [2.05, 4.69) is 26.2 Å². The summed E-state index contributed by atoms with van der Waals surface area (Å²) in [5.41, 5.74) is 3.53. The minimum atomic E-state index is -0.251. The van der Waals surface area contributed by atoms with Gasteiger partial charge in [0.25, 0.3) is 5.56 Å². The third-order valence-electron chi connectivity index (χ3n) is 4.99. The van der Waals surface area contributed by atoms with E-state index in [0.29, 0.717) is 30.7 Å². The second-order valence-electron chi connectivity index (χ2n) is 7.41. The minimum absolute atomic E-state index is 0.0836. The maximum Gasteiger partial charge on any atom is 0.261 e. The van der Waals surface area contributed by atoms with E-state index in [0.717, 1.165) is 21.2 Å². The van der Waals surface area contributed by atoms with Crippen molar-refractivity contribution in [1.29, 1.82) is 0 Å². The van der Waals surface area contributed by atoms with Crippen LogP contribution < -0.4 is 10.9 Å². The molecule has 3 aromatic carbocycles. The van der Waals surface area contributed by atoms with Crippen LogP contribution in [0.4, 0.5) is 0 Å². The molecule has 1 amide bonds. The Morgan fingerprint density at radius 3 is 2.38 bits per heavy atom. The first-order valence-corrected chi connectivity index (χ1v) is 11.0. The zero-order chi connectivity index (χ0) is 22.3. The molecule has 0 aliphatic carbocycles. The van der Waals surface area contributed by atoms with Gasteiger partial charge in [0.2, 0.25) is 5.91 Å². The normalized spacial score (nSPS) is 10.9. The van der Waals surface area contributed by atoms with Gasteiger partial charge in [0.05, 0.1) is 30.4 Å². The van der Waals surface area contributed by atoms with E-state index < -0.39 is 0 Å². The van der Waals surface area contributed by atoms with Crippen LogP contribution in [0, 0.1) is 0 Å². The van der Waals surface area contributed by atoms with E-state index in [1.54, 1.807) is 12.1 Å². The fraction of sp³-hybridized carbons (Fsp3) is 0.160. The largest absolute Gasteiger partial charge is 0.372 e. The number of benzene rings is 3. The Hall–Kier alpha value is -3.29. The number of halogens is 1. The van der Waals surface area contributed by atoms with Crippen LogP contribution in [-0.4, -0.2) is 15.5 Å². The molecular weight excluding hydrogens is 470 g/mol. The quantitative estimate of drug-likeness (QED) is 0.401. The minimum Gasteiger partial charge on any atom is -0.372 e. The van der Waals surface area contributed by atoms with Crippen molar-refractivity contribution < 1.29 is 9.53 Å². The van der Waals surface area contributed by atoms with Crippen LogP contribution in [0.2, 0.25) is 0 Å². The van der Waals surface area contributed by atoms with Crippen LogP contribution in [0.15, 0.2) is 88.4 Å². The summed E-state index contributed by atoms with van der Waals surface area (Å²) in [5, 5.41) is 3.32. The standard InChI is InChI=1S/C25H22BrN3O3/c26-21-10-11-23-22(12-21)25(31)29(17-28-23)14-24(30)27-13-18-6-8-20(9-7-18)16-32-15-19-4-2-1-3-5-19/h1-12,17H,13-16H2,(H,27,30). The van der Waals surface area contributed by atoms with E-state index >= 15 is 0 Å². The van der Waals surface area contributed by atoms with E-state index in [1.165, 1.54) is 10.9 Å². The van der Waals surface area contributed by atoms with Gasteiger partial charge in [0, 0.05) is 11.0 Å². The molecule has 0 fully saturated rings. The van der Waals surface area contributed by atoms with Gasteiger partial charge >= 0.3 is 0 Å². The highest BCUT2D eigenvalue weighted by Crippen LogP contribution is 2.14. The number of aromatic nitrogens is 2. The highest BCUT2D eigenvalue weighted by Gasteiger charge is 2.09. The number of ether oxygens (including phenoxy) is 1. The Kier molecular flexibility index (Phi) is 7.09. The maximum absolute atomic E-state index is 12.6. The molecular formula is C25H22BrN3O3. The van der Waals surface area contributed by atoms with Gasteiger partial charge in [-0.3, -0.25) is 14.2 Å². The molecule has 0 saturated carbocycles. The molecule has 4 aromatic rings. The predicted molar refractivity (Wildman–Crippen MR) is 127 cm³/mol. The summed E-state index contributed by atoms with van der Waals surface area (Å²) in [6, 6.07) is 23.2. The molecule has 6 nitrogen and oxygen atoms in total. The number of fused-ring (bicyclic) bond motifs is 1. The third kappa shape index (κ3) is 5.69. The fourth-order valence-electron chi connectivity index (χ4n) is 3.27. The number of amides is 1. The SMILES string of the molecule is O=C(Cn1cnc2ccc(Br)cc2c1=O)NCc1ccc(COCc2ccccc2)cc1. The van der Waals surface area contributed by atoms with Crippen LogP contribution in [-0.2, 0) is 35.8 Å². The van der Waals surface area contributed by atoms with Crippen molar-refractivity contribution in [1.82, 2.24) is 14.9 Å². The molecule has 0 aliphatic rings. The summed E-state index contributed by atoms with van der Waals surface area (Å²) in [6.07, 6.45) is 1.41. The van der Waals surface area contributed by atoms with Crippen molar-refractivity contribution in [2.45, 2.75) is 26.3 Å². The lowest BCUT2D eigenvalue weighted by molar-refractivity contribution is -0.121. The summed E-state index contributed by atoms with van der Waals surface area (Å²) >= 11 is 3.36. The summed E-state index contributed by atoms with van der Waals surface area (Å²) in [6.45, 7) is 1.39. The van der Waals surface area contributed by atoms with Crippen molar-refractivity contribution in [2.24, 2.45) is 0 Å². The second kappa shape index (κ2) is 10.3. The number of nitrogens with one attached hydrogen (secondary N) is 1. The van der Waals surface area contributed by atoms with Gasteiger partial charge in [-0.15, -0.1) is 0 Å². The van der Waals surface area contributed by atoms with E-state index in [9.17, 15) is 9.59 Å². The first-order chi connectivity index (χ1) is 15.6. The van der Waals surface area contributed by atoms with Crippen molar-refractivity contribution in [3.63, 3.8) is 0 Å². The highest BCUT2D eigenvalue weighted by molar-refractivity contribution is 9.10. The molecule has 162 valence electrons. The number of hydrogen-bond acceptors (Lipinski definition) is 4. The first-order valence-electron chi connectivity index (χ1n) is 10.2. The summed E-state index contributed by atoms with van der Waals surface area (Å²) < 4.78 is 7.86. The zero-order valence-electron chi connectivity index (χ0n) is 17.3. The van der Waals surface area contributed by atoms with Gasteiger partial charge in [-0.25, -0.2) is 4.98 Å². The summed E-state index contributed by atoms with van der Waals surface area (Å²) in [7, 11) is 0. The lowest BCUT2D eigenvalue weighted by Gasteiger charge is -2.09. The van der Waals surface area contributed by atoms with Crippen molar-refractivity contribution in [3.8, 4) is 0 Å². The van der Waals surface area contributed by atoms with Crippen LogP contribution >= 0.6 is 15.9 Å². The van der Waals surface area contributed by atoms with Gasteiger partial charge < -0.3 is 10.1 Å². The Morgan fingerprint density at radius 2 is 1.62 bits per heavy atom. The van der Waals surface area contributed by atoms with Crippen LogP contribution in [0.1, 0.15) is 16.7 Å². The molecule has 1 heterocycles. The molecule has 0 radical (unpaired) electrons. The number of rotatable bonds is 8. The average Bonchev–Trinajstić information content (AvgIpc) is 2.81. The van der Waals surface area contributed by atoms with Crippen LogP contribution in [0.3, 0.4) is 0 Å². The molecule has 0 spiro atoms. The number of nitrogens with zero attached hydrogens (tertiary/aromatic N) is 2. The number of carbonyl (C=O) groups is 1. The van der Waals surface area contributed by atoms with Gasteiger partial charge in [-0.1, -0.05) is 70.5 Å². The van der Waals surface area contributed by atoms with Gasteiger partial charge in [-0.2, -0.15) is 0 Å². The lowest BCUT2D eigenvalue weighted by Crippen LogP contribution is -2.32. The molecule has 7 heteroatoms. The van der Waals surface area contributed by atoms with Gasteiger partial charge in [0.15, 0.2) is 0 Å². The fourth-order valence-corrected chi connectivity index (χ4v) is 3.63. The molecule has 0 atom stereocenters. The smallest absolute Gasteiger partial charge is 0.261 e. The molecule has 0 aliphatic heterocycles. The van der Waals surface area contributed by atoms with Gasteiger partial charge in [0.1, 0.15) is 6.54 Å². The molecule has 32 heavy (non-hydrogen) atoms. The van der Waals surface area contributed by atoms with Crippen LogP contribution in [0.5, 0.6) is 0 Å². The van der Waals surface area contributed by atoms with E-state index in [4.69, 9.17) is 4.74 Å². The van der Waals surface area contributed by atoms with Gasteiger partial charge in [-0.05, 0) is 34.9 Å². The molecule has 0 bridgehead atoms. The zero-order valence-corrected chi connectivity index (χ0v) is 18.9. The average molecular weight is 492 g/mol. The lowest BCUT2D eigenvalue weighted by atomic mass is 10.1. The van der Waals surface area contributed by atoms with Crippen LogP contribution in [0.25, 0.3) is 10.9 Å². The molecule has 1 aromatic heterocycles. The molecule has 0 unspecified atom stereocenters. The molecule has 4 rings (SSSR count). The van der Waals surface area contributed by atoms with Crippen molar-refractivity contribution >= 4 is 32.7 Å². The number of carbonyl (C=O) groups excluding carboxylic acids is 1. The Morgan fingerprint density at radius 1 is 0.938 bits per heavy atom. The topological polar surface area (TPSA) is 73.2 Å². The Labute approximate surface area is 194 Å². The third-order valence-corrected chi connectivity index (χ3v) is 5.49. The summed E-state index contributed by atoms with van der Waals surface area (Å²) in [5.74, 6) is -0.251. The highest BCUT2D eigenvalue weighted by atomic mass is 79.9. The Bertz CT molecular complexity index is 1270. The molecule has 0 saturated heterocycles. The maximum atomic E-state index is 12.6. The number of hydrogen-bond donors (Lipinski definition) is 1. The second-order valence-corrected chi connectivity index (χ2v) is 8.33. The van der Waals surface area contributed by atoms with E-state index in [1.807, 2.05) is 60.7 Å². The monoisotopic (exact) mass is 491 g/mol. The van der Waals surface area contributed by atoms with E-state index in [-0.39, 0.29) is 18.0 Å². The molecule has 1 N–H and O–H groups in total.